The summed E-state index contributed by atoms with van der Waals surface area (Å²) in [6.07, 6.45) is 2.28. The maximum Gasteiger partial charge on any atom is 0.349 e. The van der Waals surface area contributed by atoms with E-state index in [1.54, 1.807) is 24.3 Å². The lowest BCUT2D eigenvalue weighted by atomic mass is 9.95. The van der Waals surface area contributed by atoms with Gasteiger partial charge in [0.1, 0.15) is 16.9 Å². The Labute approximate surface area is 240 Å². The third kappa shape index (κ3) is 4.56. The van der Waals surface area contributed by atoms with E-state index in [0.29, 0.717) is 27.4 Å². The van der Waals surface area contributed by atoms with E-state index in [4.69, 9.17) is 26.1 Å². The summed E-state index contributed by atoms with van der Waals surface area (Å²) in [5, 5.41) is 21.0. The van der Waals surface area contributed by atoms with Gasteiger partial charge in [0.15, 0.2) is 0 Å². The van der Waals surface area contributed by atoms with E-state index >= 15 is 0 Å². The number of hydrogen-bond acceptors (Lipinski definition) is 6. The number of rotatable bonds is 4. The number of halogens is 1. The van der Waals surface area contributed by atoms with E-state index in [1.165, 1.54) is 0 Å². The topological polar surface area (TPSA) is 92.6 Å². The Kier molecular flexibility index (Phi) is 6.14. The normalized spacial score (nSPS) is 14.7. The van der Waals surface area contributed by atoms with Crippen molar-refractivity contribution in [3.63, 3.8) is 0 Å². The van der Waals surface area contributed by atoms with Gasteiger partial charge in [-0.2, -0.15) is 5.10 Å². The highest BCUT2D eigenvalue weighted by atomic mass is 35.5. The lowest BCUT2D eigenvalue weighted by Gasteiger charge is -2.19. The minimum Gasteiger partial charge on any atom is -0.506 e. The summed E-state index contributed by atoms with van der Waals surface area (Å²) in [6, 6.07) is 31.6. The molecule has 0 saturated heterocycles. The smallest absolute Gasteiger partial charge is 0.349 e. The molecule has 7 rings (SSSR count). The molecule has 2 N–H and O–H groups in total. The molecule has 41 heavy (non-hydrogen) atoms. The first kappa shape index (κ1) is 24.9. The van der Waals surface area contributed by atoms with E-state index < -0.39 is 5.63 Å². The van der Waals surface area contributed by atoms with Crippen molar-refractivity contribution in [3.05, 3.63) is 136 Å². The predicted molar refractivity (Wildman–Crippen MR) is 162 cm³/mol. The lowest BCUT2D eigenvalue weighted by Crippen LogP contribution is -2.20. The van der Waals surface area contributed by atoms with Crippen LogP contribution in [0.2, 0.25) is 5.02 Å². The van der Waals surface area contributed by atoms with Crippen LogP contribution in [0.5, 0.6) is 5.75 Å². The lowest BCUT2D eigenvalue weighted by molar-refractivity contribution is 0.466. The summed E-state index contributed by atoms with van der Waals surface area (Å²) in [4.78, 5) is 18.2. The van der Waals surface area contributed by atoms with Crippen LogP contribution in [0.4, 0.5) is 11.4 Å². The van der Waals surface area contributed by atoms with E-state index in [2.05, 4.69) is 5.32 Å². The number of nitrogens with zero attached hydrogens (tertiary/aromatic N) is 3. The summed E-state index contributed by atoms with van der Waals surface area (Å²) in [6.45, 7) is 0. The van der Waals surface area contributed by atoms with Crippen molar-refractivity contribution in [2.24, 2.45) is 4.99 Å². The first-order chi connectivity index (χ1) is 20.0. The molecule has 0 bridgehead atoms. The van der Waals surface area contributed by atoms with Crippen LogP contribution in [0.15, 0.2) is 124 Å². The number of nitrogens with one attached hydrogen (secondary N) is 1. The molecule has 0 radical (unpaired) electrons. The van der Waals surface area contributed by atoms with Crippen molar-refractivity contribution < 1.29 is 9.52 Å². The molecule has 7 nitrogen and oxygen atoms in total. The predicted octanol–water partition coefficient (Wildman–Crippen LogP) is 7.68. The molecule has 1 unspecified atom stereocenters. The molecule has 0 fully saturated rings. The minimum atomic E-state index is -0.643. The Hall–Kier alpha value is -5.14. The van der Waals surface area contributed by atoms with E-state index in [1.807, 2.05) is 89.7 Å². The SMILES string of the molecule is O=c1oc2ccccc2c(O)c1C1=Nc2ccccc2NC(c2cn(-c3ccccc3)nc2-c2ccc(Cl)cc2)C1. The van der Waals surface area contributed by atoms with Crippen molar-refractivity contribution in [1.82, 2.24) is 9.78 Å². The molecule has 4 aromatic carbocycles. The summed E-state index contributed by atoms with van der Waals surface area (Å²) in [5.41, 5.74) is 5.05. The Morgan fingerprint density at radius 2 is 1.63 bits per heavy atom. The fourth-order valence-corrected chi connectivity index (χ4v) is 5.36. The average Bonchev–Trinajstić information content (AvgIpc) is 3.35. The van der Waals surface area contributed by atoms with Crippen molar-refractivity contribution in [1.29, 1.82) is 0 Å². The van der Waals surface area contributed by atoms with Gasteiger partial charge in [0.2, 0.25) is 0 Å². The Morgan fingerprint density at radius 1 is 0.902 bits per heavy atom. The highest BCUT2D eigenvalue weighted by Crippen LogP contribution is 2.40. The van der Waals surface area contributed by atoms with Gasteiger partial charge in [0.05, 0.1) is 39.9 Å². The minimum absolute atomic E-state index is 0.0516. The summed E-state index contributed by atoms with van der Waals surface area (Å²) < 4.78 is 7.46. The Bertz CT molecular complexity index is 2000. The van der Waals surface area contributed by atoms with Gasteiger partial charge in [-0.25, -0.2) is 9.48 Å². The molecule has 0 spiro atoms. The zero-order chi connectivity index (χ0) is 27.9. The molecule has 0 aliphatic carbocycles. The van der Waals surface area contributed by atoms with Crippen LogP contribution in [0.3, 0.4) is 0 Å². The molecule has 1 aliphatic rings. The molecule has 200 valence electrons. The number of aromatic hydroxyl groups is 1. The second-order valence-corrected chi connectivity index (χ2v) is 10.2. The van der Waals surface area contributed by atoms with Gasteiger partial charge in [-0.3, -0.25) is 4.99 Å². The second kappa shape index (κ2) is 10.1. The molecule has 8 heteroatoms. The van der Waals surface area contributed by atoms with Crippen LogP contribution in [-0.2, 0) is 0 Å². The molecule has 1 aliphatic heterocycles. The quantitative estimate of drug-likeness (QED) is 0.216. The monoisotopic (exact) mass is 558 g/mol. The van der Waals surface area contributed by atoms with Gasteiger partial charge in [0.25, 0.3) is 0 Å². The zero-order valence-corrected chi connectivity index (χ0v) is 22.4. The number of hydrogen-bond donors (Lipinski definition) is 2. The molecule has 0 saturated carbocycles. The van der Waals surface area contributed by atoms with Gasteiger partial charge in [-0.15, -0.1) is 0 Å². The first-order valence-corrected chi connectivity index (χ1v) is 13.5. The molecular weight excluding hydrogens is 536 g/mol. The number of para-hydroxylation sites is 4. The molecule has 0 amide bonds. The summed E-state index contributed by atoms with van der Waals surface area (Å²) >= 11 is 6.21. The standard InChI is InChI=1S/C33H23ClN4O3/c34-21-16-14-20(15-17-21)31-24(19-38(37-31)22-8-2-1-3-9-22)27-18-28(36-26-12-6-5-11-25(26)35-27)30-32(39)23-10-4-7-13-29(23)41-33(30)40/h1-17,19,27,35,39H,18H2. The van der Waals surface area contributed by atoms with Crippen molar-refractivity contribution in [3.8, 4) is 22.7 Å². The number of benzene rings is 4. The molecule has 3 heterocycles. The fraction of sp³-hybridized carbons (Fsp3) is 0.0606. The van der Waals surface area contributed by atoms with Crippen LogP contribution in [-0.4, -0.2) is 20.6 Å². The van der Waals surface area contributed by atoms with Crippen LogP contribution in [0, 0.1) is 0 Å². The van der Waals surface area contributed by atoms with Crippen LogP contribution >= 0.6 is 11.6 Å². The Balaban J connectivity index is 1.42. The second-order valence-electron chi connectivity index (χ2n) is 9.81. The Morgan fingerprint density at radius 3 is 2.46 bits per heavy atom. The number of fused-ring (bicyclic) bond motifs is 2. The summed E-state index contributed by atoms with van der Waals surface area (Å²) in [7, 11) is 0. The molecule has 1 atom stereocenters. The van der Waals surface area contributed by atoms with E-state index in [9.17, 15) is 9.90 Å². The maximum absolute atomic E-state index is 13.3. The number of anilines is 1. The van der Waals surface area contributed by atoms with Crippen LogP contribution in [0.1, 0.15) is 23.6 Å². The third-order valence-electron chi connectivity index (χ3n) is 7.22. The van der Waals surface area contributed by atoms with Crippen molar-refractivity contribution in [2.45, 2.75) is 12.5 Å². The maximum atomic E-state index is 13.3. The van der Waals surface area contributed by atoms with Gasteiger partial charge in [0, 0.05) is 28.8 Å². The molecular formula is C33H23ClN4O3. The number of aromatic nitrogens is 2. The van der Waals surface area contributed by atoms with Crippen LogP contribution in [0.25, 0.3) is 27.9 Å². The van der Waals surface area contributed by atoms with Gasteiger partial charge < -0.3 is 14.8 Å². The van der Waals surface area contributed by atoms with E-state index in [-0.39, 0.29) is 23.8 Å². The van der Waals surface area contributed by atoms with Gasteiger partial charge in [-0.05, 0) is 48.5 Å². The molecule has 2 aromatic heterocycles. The van der Waals surface area contributed by atoms with Crippen LogP contribution < -0.4 is 10.9 Å². The highest BCUT2D eigenvalue weighted by molar-refractivity contribution is 6.30. The van der Waals surface area contributed by atoms with Gasteiger partial charge >= 0.3 is 5.63 Å². The van der Waals surface area contributed by atoms with Crippen molar-refractivity contribution >= 4 is 39.7 Å². The average molecular weight is 559 g/mol. The number of aliphatic imine (C=N–C) groups is 1. The van der Waals surface area contributed by atoms with Crippen molar-refractivity contribution in [2.75, 3.05) is 5.32 Å². The van der Waals surface area contributed by atoms with Gasteiger partial charge in [-0.1, -0.05) is 66.2 Å². The highest BCUT2D eigenvalue weighted by Gasteiger charge is 2.29. The fourth-order valence-electron chi connectivity index (χ4n) is 5.24. The largest absolute Gasteiger partial charge is 0.506 e. The molecule has 6 aromatic rings. The zero-order valence-electron chi connectivity index (χ0n) is 21.7. The third-order valence-corrected chi connectivity index (χ3v) is 7.47. The van der Waals surface area contributed by atoms with E-state index in [0.717, 1.165) is 28.2 Å². The summed E-state index contributed by atoms with van der Waals surface area (Å²) in [5.74, 6) is -0.147. The first-order valence-electron chi connectivity index (χ1n) is 13.1.